The van der Waals surface area contributed by atoms with Gasteiger partial charge in [-0.2, -0.15) is 0 Å². The Morgan fingerprint density at radius 2 is 2.06 bits per heavy atom. The van der Waals surface area contributed by atoms with Crippen molar-refractivity contribution in [1.29, 1.82) is 0 Å². The first kappa shape index (κ1) is 13.1. The van der Waals surface area contributed by atoms with Gasteiger partial charge < -0.3 is 9.67 Å². The first-order valence-electron chi connectivity index (χ1n) is 5.93. The van der Waals surface area contributed by atoms with Crippen molar-refractivity contribution < 1.29 is 5.11 Å². The van der Waals surface area contributed by atoms with E-state index in [1.807, 2.05) is 31.4 Å². The highest BCUT2D eigenvalue weighted by molar-refractivity contribution is 6.36. The zero-order valence-corrected chi connectivity index (χ0v) is 11.5. The number of halogens is 1. The molecule has 0 radical (unpaired) electrons. The van der Waals surface area contributed by atoms with E-state index in [0.29, 0.717) is 16.0 Å². The Hall–Kier alpha value is -1.32. The van der Waals surface area contributed by atoms with Gasteiger partial charge in [0.05, 0.1) is 22.5 Å². The number of pyridine rings is 1. The molecule has 0 amide bonds. The molecule has 2 aromatic rings. The third-order valence-electron chi connectivity index (χ3n) is 3.40. The Morgan fingerprint density at radius 1 is 1.39 bits per heavy atom. The molecular weight excluding hydrogens is 250 g/mol. The van der Waals surface area contributed by atoms with Crippen LogP contribution in [0.25, 0.3) is 10.9 Å². The molecule has 0 spiro atoms. The Bertz CT molecular complexity index is 674. The Kier molecular flexibility index (Phi) is 3.46. The maximum absolute atomic E-state index is 12.3. The summed E-state index contributed by atoms with van der Waals surface area (Å²) in [6, 6.07) is 1.97. The number of hydrogen-bond acceptors (Lipinski definition) is 2. The number of aryl methyl sites for hydroxylation is 2. The lowest BCUT2D eigenvalue weighted by atomic mass is 10.0. The SMILES string of the molecule is CCn1cc(CO)c(=O)c2c(Cl)c(C)c(C)cc21. The summed E-state index contributed by atoms with van der Waals surface area (Å²) < 4.78 is 1.95. The summed E-state index contributed by atoms with van der Waals surface area (Å²) >= 11 is 6.30. The summed E-state index contributed by atoms with van der Waals surface area (Å²) in [6.45, 7) is 6.33. The van der Waals surface area contributed by atoms with E-state index in [-0.39, 0.29) is 12.0 Å². The second-order valence-corrected chi connectivity index (χ2v) is 4.83. The third-order valence-corrected chi connectivity index (χ3v) is 3.87. The first-order valence-corrected chi connectivity index (χ1v) is 6.31. The van der Waals surface area contributed by atoms with Crippen molar-refractivity contribution in [3.05, 3.63) is 44.2 Å². The van der Waals surface area contributed by atoms with Gasteiger partial charge in [0.15, 0.2) is 5.43 Å². The number of fused-ring (bicyclic) bond motifs is 1. The number of hydrogen-bond donors (Lipinski definition) is 1. The van der Waals surface area contributed by atoms with Crippen LogP contribution in [0.4, 0.5) is 0 Å². The highest BCUT2D eigenvalue weighted by Gasteiger charge is 2.14. The fourth-order valence-electron chi connectivity index (χ4n) is 2.15. The monoisotopic (exact) mass is 265 g/mol. The molecule has 1 aromatic carbocycles. The van der Waals surface area contributed by atoms with Crippen molar-refractivity contribution in [2.75, 3.05) is 0 Å². The number of aliphatic hydroxyl groups excluding tert-OH is 1. The number of nitrogens with zero attached hydrogens (tertiary/aromatic N) is 1. The minimum Gasteiger partial charge on any atom is -0.391 e. The molecule has 0 saturated carbocycles. The van der Waals surface area contributed by atoms with Crippen LogP contribution in [-0.2, 0) is 13.2 Å². The molecule has 4 heteroatoms. The lowest BCUT2D eigenvalue weighted by Gasteiger charge is -2.14. The van der Waals surface area contributed by atoms with E-state index in [4.69, 9.17) is 11.6 Å². The highest BCUT2D eigenvalue weighted by atomic mass is 35.5. The number of rotatable bonds is 2. The molecule has 0 saturated heterocycles. The molecule has 0 aliphatic rings. The Labute approximate surface area is 111 Å². The van der Waals surface area contributed by atoms with Gasteiger partial charge in [0, 0.05) is 18.3 Å². The first-order chi connectivity index (χ1) is 8.51. The van der Waals surface area contributed by atoms with E-state index < -0.39 is 0 Å². The Balaban J connectivity index is 3.05. The van der Waals surface area contributed by atoms with Crippen LogP contribution >= 0.6 is 11.6 Å². The van der Waals surface area contributed by atoms with Crippen LogP contribution in [-0.4, -0.2) is 9.67 Å². The van der Waals surface area contributed by atoms with Crippen molar-refractivity contribution in [3.63, 3.8) is 0 Å². The fraction of sp³-hybridized carbons (Fsp3) is 0.357. The normalized spacial score (nSPS) is 11.2. The third kappa shape index (κ3) is 1.84. The summed E-state index contributed by atoms with van der Waals surface area (Å²) in [4.78, 5) is 12.3. The topological polar surface area (TPSA) is 42.2 Å². The van der Waals surface area contributed by atoms with Crippen molar-refractivity contribution >= 4 is 22.5 Å². The van der Waals surface area contributed by atoms with Gasteiger partial charge in [-0.25, -0.2) is 0 Å². The van der Waals surface area contributed by atoms with Gasteiger partial charge in [0.25, 0.3) is 0 Å². The lowest BCUT2D eigenvalue weighted by Crippen LogP contribution is -2.15. The predicted octanol–water partition coefficient (Wildman–Crippen LogP) is 2.78. The molecule has 0 atom stereocenters. The summed E-state index contributed by atoms with van der Waals surface area (Å²) in [5, 5.41) is 10.3. The molecule has 0 aliphatic heterocycles. The number of aliphatic hydroxyl groups is 1. The summed E-state index contributed by atoms with van der Waals surface area (Å²) in [7, 11) is 0. The minimum atomic E-state index is -0.266. The van der Waals surface area contributed by atoms with Crippen molar-refractivity contribution in [2.24, 2.45) is 0 Å². The van der Waals surface area contributed by atoms with Crippen molar-refractivity contribution in [3.8, 4) is 0 Å². The molecule has 3 nitrogen and oxygen atoms in total. The van der Waals surface area contributed by atoms with Gasteiger partial charge in [0.1, 0.15) is 0 Å². The van der Waals surface area contributed by atoms with Crippen LogP contribution in [0.1, 0.15) is 23.6 Å². The zero-order chi connectivity index (χ0) is 13.4. The second kappa shape index (κ2) is 4.75. The van der Waals surface area contributed by atoms with Crippen LogP contribution in [0.15, 0.2) is 17.1 Å². The van der Waals surface area contributed by atoms with Crippen LogP contribution < -0.4 is 5.43 Å². The predicted molar refractivity (Wildman–Crippen MR) is 74.3 cm³/mol. The molecule has 0 fully saturated rings. The summed E-state index contributed by atoms with van der Waals surface area (Å²) in [5.41, 5.74) is 3.01. The van der Waals surface area contributed by atoms with Crippen LogP contribution in [0.2, 0.25) is 5.02 Å². The molecule has 1 aromatic heterocycles. The molecule has 0 aliphatic carbocycles. The van der Waals surface area contributed by atoms with Gasteiger partial charge in [-0.3, -0.25) is 4.79 Å². The number of benzene rings is 1. The van der Waals surface area contributed by atoms with E-state index >= 15 is 0 Å². The van der Waals surface area contributed by atoms with Gasteiger partial charge in [-0.1, -0.05) is 11.6 Å². The smallest absolute Gasteiger partial charge is 0.196 e. The van der Waals surface area contributed by atoms with Crippen LogP contribution in [0.5, 0.6) is 0 Å². The zero-order valence-electron chi connectivity index (χ0n) is 10.7. The van der Waals surface area contributed by atoms with E-state index in [9.17, 15) is 9.90 Å². The highest BCUT2D eigenvalue weighted by Crippen LogP contribution is 2.27. The number of aromatic nitrogens is 1. The van der Waals surface area contributed by atoms with Crippen molar-refractivity contribution in [2.45, 2.75) is 33.9 Å². The maximum Gasteiger partial charge on any atom is 0.196 e. The fourth-order valence-corrected chi connectivity index (χ4v) is 2.48. The van der Waals surface area contributed by atoms with E-state index in [1.165, 1.54) is 0 Å². The molecule has 18 heavy (non-hydrogen) atoms. The lowest BCUT2D eigenvalue weighted by molar-refractivity contribution is 0.280. The van der Waals surface area contributed by atoms with E-state index in [1.54, 1.807) is 6.20 Å². The van der Waals surface area contributed by atoms with Gasteiger partial charge in [-0.05, 0) is 38.0 Å². The molecular formula is C14H16ClNO2. The molecule has 1 heterocycles. The van der Waals surface area contributed by atoms with Crippen molar-refractivity contribution in [1.82, 2.24) is 4.57 Å². The van der Waals surface area contributed by atoms with Crippen LogP contribution in [0.3, 0.4) is 0 Å². The Morgan fingerprint density at radius 3 is 2.61 bits per heavy atom. The summed E-state index contributed by atoms with van der Waals surface area (Å²) in [6.07, 6.45) is 1.70. The average Bonchev–Trinajstić information content (AvgIpc) is 2.36. The molecule has 0 bridgehead atoms. The van der Waals surface area contributed by atoms with E-state index in [0.717, 1.165) is 23.2 Å². The van der Waals surface area contributed by atoms with Gasteiger partial charge >= 0.3 is 0 Å². The van der Waals surface area contributed by atoms with Gasteiger partial charge in [-0.15, -0.1) is 0 Å². The quantitative estimate of drug-likeness (QED) is 0.907. The second-order valence-electron chi connectivity index (χ2n) is 4.45. The summed E-state index contributed by atoms with van der Waals surface area (Å²) in [5.74, 6) is 0. The standard InChI is InChI=1S/C14H16ClNO2/c1-4-16-6-10(7-17)14(18)12-11(16)5-8(2)9(3)13(12)15/h5-6,17H,4,7H2,1-3H3. The molecule has 96 valence electrons. The molecule has 2 rings (SSSR count). The largest absolute Gasteiger partial charge is 0.391 e. The van der Waals surface area contributed by atoms with E-state index in [2.05, 4.69) is 0 Å². The van der Waals surface area contributed by atoms with Crippen LogP contribution in [0, 0.1) is 13.8 Å². The van der Waals surface area contributed by atoms with Gasteiger partial charge in [0.2, 0.25) is 0 Å². The molecule has 1 N–H and O–H groups in total. The minimum absolute atomic E-state index is 0.176. The maximum atomic E-state index is 12.3. The average molecular weight is 266 g/mol. The molecule has 0 unspecified atom stereocenters.